The van der Waals surface area contributed by atoms with E-state index in [0.717, 1.165) is 18.2 Å². The number of nitrogens with one attached hydrogen (secondary N) is 1. The van der Waals surface area contributed by atoms with E-state index < -0.39 is 17.6 Å². The number of H-pyrrole nitrogens is 1. The van der Waals surface area contributed by atoms with Crippen molar-refractivity contribution < 1.29 is 18.7 Å². The Morgan fingerprint density at radius 2 is 2.12 bits per heavy atom. The van der Waals surface area contributed by atoms with Crippen molar-refractivity contribution >= 4 is 5.97 Å². The van der Waals surface area contributed by atoms with E-state index in [0.29, 0.717) is 5.82 Å². The first-order chi connectivity index (χ1) is 7.99. The van der Waals surface area contributed by atoms with Gasteiger partial charge in [-0.25, -0.2) is 18.6 Å². The topological polar surface area (TPSA) is 66.0 Å². The molecule has 1 aromatic carbocycles. The Morgan fingerprint density at radius 1 is 1.41 bits per heavy atom. The Labute approximate surface area is 94.9 Å². The highest BCUT2D eigenvalue weighted by molar-refractivity contribution is 5.93. The molecule has 0 spiro atoms. The van der Waals surface area contributed by atoms with Crippen LogP contribution >= 0.6 is 0 Å². The summed E-state index contributed by atoms with van der Waals surface area (Å²) < 4.78 is 26.5. The highest BCUT2D eigenvalue weighted by atomic mass is 19.1. The Bertz CT molecular complexity index is 593. The first kappa shape index (κ1) is 11.3. The van der Waals surface area contributed by atoms with Gasteiger partial charge < -0.3 is 10.1 Å². The predicted octanol–water partition coefficient (Wildman–Crippen LogP) is 2.36. The van der Waals surface area contributed by atoms with E-state index in [9.17, 15) is 13.6 Å². The monoisotopic (exact) mass is 238 g/mol. The summed E-state index contributed by atoms with van der Waals surface area (Å²) in [4.78, 5) is 17.3. The Kier molecular flexibility index (Phi) is 2.63. The van der Waals surface area contributed by atoms with Crippen molar-refractivity contribution in [2.45, 2.75) is 6.92 Å². The van der Waals surface area contributed by atoms with Crippen LogP contribution in [0.1, 0.15) is 16.3 Å². The highest BCUT2D eigenvalue weighted by Crippen LogP contribution is 2.25. The summed E-state index contributed by atoms with van der Waals surface area (Å²) in [6.45, 7) is 1.53. The number of aromatic nitrogens is 2. The third kappa shape index (κ3) is 2.01. The van der Waals surface area contributed by atoms with Crippen LogP contribution in [-0.2, 0) is 0 Å². The van der Waals surface area contributed by atoms with Crippen molar-refractivity contribution in [1.29, 1.82) is 0 Å². The summed E-state index contributed by atoms with van der Waals surface area (Å²) >= 11 is 0. The summed E-state index contributed by atoms with van der Waals surface area (Å²) in [5.41, 5.74) is -0.536. The molecule has 0 aliphatic carbocycles. The van der Waals surface area contributed by atoms with E-state index in [1.165, 1.54) is 6.92 Å². The Hall–Kier alpha value is -2.24. The first-order valence-electron chi connectivity index (χ1n) is 4.74. The van der Waals surface area contributed by atoms with E-state index >= 15 is 0 Å². The molecule has 1 aromatic heterocycles. The number of aromatic carboxylic acids is 1. The quantitative estimate of drug-likeness (QED) is 0.844. The Morgan fingerprint density at radius 3 is 2.76 bits per heavy atom. The van der Waals surface area contributed by atoms with Gasteiger partial charge in [-0.3, -0.25) is 0 Å². The van der Waals surface area contributed by atoms with Crippen LogP contribution in [0.3, 0.4) is 0 Å². The van der Waals surface area contributed by atoms with Crippen LogP contribution in [0, 0.1) is 18.6 Å². The second-order valence-electron chi connectivity index (χ2n) is 3.48. The molecular weight excluding hydrogens is 230 g/mol. The average Bonchev–Trinajstić information content (AvgIpc) is 2.64. The molecule has 0 aliphatic heterocycles. The van der Waals surface area contributed by atoms with Gasteiger partial charge in [0, 0.05) is 5.56 Å². The van der Waals surface area contributed by atoms with Gasteiger partial charge in [0.15, 0.2) is 5.69 Å². The summed E-state index contributed by atoms with van der Waals surface area (Å²) in [7, 11) is 0. The van der Waals surface area contributed by atoms with Gasteiger partial charge in [-0.1, -0.05) is 0 Å². The second kappa shape index (κ2) is 3.97. The van der Waals surface area contributed by atoms with Crippen molar-refractivity contribution in [1.82, 2.24) is 9.97 Å². The van der Waals surface area contributed by atoms with E-state index in [2.05, 4.69) is 9.97 Å². The molecule has 0 bridgehead atoms. The molecule has 0 aliphatic rings. The number of nitrogens with zero attached hydrogens (tertiary/aromatic N) is 1. The lowest BCUT2D eigenvalue weighted by Gasteiger charge is -2.01. The fourth-order valence-corrected chi connectivity index (χ4v) is 1.52. The maximum atomic E-state index is 13.5. The minimum atomic E-state index is -1.27. The van der Waals surface area contributed by atoms with Crippen LogP contribution < -0.4 is 0 Å². The van der Waals surface area contributed by atoms with Gasteiger partial charge in [0.05, 0.1) is 0 Å². The van der Waals surface area contributed by atoms with E-state index in [1.807, 2.05) is 0 Å². The summed E-state index contributed by atoms with van der Waals surface area (Å²) in [6.07, 6.45) is 0. The number of carboxylic acids is 1. The molecule has 6 heteroatoms. The second-order valence-corrected chi connectivity index (χ2v) is 3.48. The molecule has 2 aromatic rings. The summed E-state index contributed by atoms with van der Waals surface area (Å²) in [6, 6.07) is 2.80. The van der Waals surface area contributed by atoms with Crippen molar-refractivity contribution in [2.75, 3.05) is 0 Å². The molecular formula is C11H8F2N2O2. The number of carbonyl (C=O) groups is 1. The number of imidazole rings is 1. The van der Waals surface area contributed by atoms with Crippen LogP contribution in [0.15, 0.2) is 18.2 Å². The molecule has 2 rings (SSSR count). The molecule has 0 saturated carbocycles. The van der Waals surface area contributed by atoms with Gasteiger partial charge in [-0.2, -0.15) is 0 Å². The molecule has 0 amide bonds. The molecule has 0 atom stereocenters. The lowest BCUT2D eigenvalue weighted by molar-refractivity contribution is 0.0692. The number of aromatic amines is 1. The minimum Gasteiger partial charge on any atom is -0.477 e. The highest BCUT2D eigenvalue weighted by Gasteiger charge is 2.19. The number of halogens is 2. The van der Waals surface area contributed by atoms with Crippen LogP contribution in [0.5, 0.6) is 0 Å². The third-order valence-electron chi connectivity index (χ3n) is 2.22. The smallest absolute Gasteiger partial charge is 0.354 e. The number of hydrogen-bond acceptors (Lipinski definition) is 2. The lowest BCUT2D eigenvalue weighted by Crippen LogP contribution is -2.00. The zero-order valence-electron chi connectivity index (χ0n) is 8.79. The van der Waals surface area contributed by atoms with Gasteiger partial charge in [0.25, 0.3) is 0 Å². The van der Waals surface area contributed by atoms with Crippen LogP contribution in [0.4, 0.5) is 8.78 Å². The molecule has 0 radical (unpaired) electrons. The number of carboxylic acid groups (broad SMARTS) is 1. The molecule has 88 valence electrons. The minimum absolute atomic E-state index is 0.105. The molecule has 0 fully saturated rings. The number of benzene rings is 1. The Balaban J connectivity index is 2.67. The van der Waals surface area contributed by atoms with Gasteiger partial charge in [0.2, 0.25) is 0 Å². The standard InChI is InChI=1S/C11H8F2N2O2/c1-5-14-9(10(15-5)11(16)17)7-4-6(12)2-3-8(7)13/h2-4H,1H3,(H,14,15)(H,16,17). The average molecular weight is 238 g/mol. The normalized spacial score (nSPS) is 10.5. The van der Waals surface area contributed by atoms with Gasteiger partial charge in [0.1, 0.15) is 23.2 Å². The summed E-state index contributed by atoms with van der Waals surface area (Å²) in [5, 5.41) is 8.91. The lowest BCUT2D eigenvalue weighted by atomic mass is 10.1. The molecule has 4 nitrogen and oxygen atoms in total. The molecule has 0 saturated heterocycles. The van der Waals surface area contributed by atoms with Crippen LogP contribution in [0.25, 0.3) is 11.3 Å². The van der Waals surface area contributed by atoms with Crippen molar-refractivity contribution in [2.24, 2.45) is 0 Å². The number of hydrogen-bond donors (Lipinski definition) is 2. The fourth-order valence-electron chi connectivity index (χ4n) is 1.52. The number of aryl methyl sites for hydroxylation is 1. The van der Waals surface area contributed by atoms with Crippen molar-refractivity contribution in [3.63, 3.8) is 0 Å². The maximum Gasteiger partial charge on any atom is 0.354 e. The molecule has 17 heavy (non-hydrogen) atoms. The fraction of sp³-hybridized carbons (Fsp3) is 0.0909. The van der Waals surface area contributed by atoms with Crippen LogP contribution in [-0.4, -0.2) is 21.0 Å². The molecule has 2 N–H and O–H groups in total. The maximum absolute atomic E-state index is 13.5. The largest absolute Gasteiger partial charge is 0.477 e. The number of rotatable bonds is 2. The van der Waals surface area contributed by atoms with Gasteiger partial charge in [-0.05, 0) is 25.1 Å². The van der Waals surface area contributed by atoms with Gasteiger partial charge >= 0.3 is 5.97 Å². The van der Waals surface area contributed by atoms with Crippen molar-refractivity contribution in [3.05, 3.63) is 41.4 Å². The molecule has 1 heterocycles. The predicted molar refractivity (Wildman–Crippen MR) is 55.6 cm³/mol. The van der Waals surface area contributed by atoms with E-state index in [4.69, 9.17) is 5.11 Å². The van der Waals surface area contributed by atoms with Crippen LogP contribution in [0.2, 0.25) is 0 Å². The first-order valence-corrected chi connectivity index (χ1v) is 4.74. The van der Waals surface area contributed by atoms with E-state index in [1.54, 1.807) is 0 Å². The zero-order valence-corrected chi connectivity index (χ0v) is 8.79. The van der Waals surface area contributed by atoms with Crippen molar-refractivity contribution in [3.8, 4) is 11.3 Å². The summed E-state index contributed by atoms with van der Waals surface area (Å²) in [5.74, 6) is -2.33. The zero-order chi connectivity index (χ0) is 12.6. The van der Waals surface area contributed by atoms with Gasteiger partial charge in [-0.15, -0.1) is 0 Å². The SMILES string of the molecule is Cc1nc(-c2cc(F)ccc2F)c(C(=O)O)[nH]1. The van der Waals surface area contributed by atoms with E-state index in [-0.39, 0.29) is 17.0 Å². The third-order valence-corrected chi connectivity index (χ3v) is 2.22. The molecule has 0 unspecified atom stereocenters.